The minimum atomic E-state index is 0.677. The Balaban J connectivity index is 1.02. The maximum atomic E-state index is 6.73. The fourth-order valence-electron chi connectivity index (χ4n) is 7.89. The molecule has 0 fully saturated rings. The average molecular weight is 734 g/mol. The highest BCUT2D eigenvalue weighted by Gasteiger charge is 2.20. The van der Waals surface area contributed by atoms with Gasteiger partial charge in [-0.05, 0) is 52.6 Å². The largest absolute Gasteiger partial charge is 0.455 e. The van der Waals surface area contributed by atoms with Crippen LogP contribution in [0.4, 0.5) is 0 Å². The zero-order valence-electron chi connectivity index (χ0n) is 30.1. The maximum Gasteiger partial charge on any atom is 0.160 e. The van der Waals surface area contributed by atoms with Gasteiger partial charge in [-0.15, -0.1) is 11.3 Å². The van der Waals surface area contributed by atoms with Crippen LogP contribution in [0.2, 0.25) is 0 Å². The number of thiophene rings is 1. The van der Waals surface area contributed by atoms with Crippen molar-refractivity contribution in [1.82, 2.24) is 15.0 Å². The van der Waals surface area contributed by atoms with Crippen LogP contribution in [-0.2, 0) is 0 Å². The van der Waals surface area contributed by atoms with Gasteiger partial charge in [0.15, 0.2) is 5.82 Å². The number of pyridine rings is 1. The molecule has 0 radical (unpaired) electrons. The molecule has 0 N–H and O–H groups in total. The maximum absolute atomic E-state index is 6.73. The zero-order valence-corrected chi connectivity index (χ0v) is 30.9. The molecule has 5 heteroatoms. The minimum absolute atomic E-state index is 0.677. The van der Waals surface area contributed by atoms with E-state index in [2.05, 4.69) is 151 Å². The van der Waals surface area contributed by atoms with Crippen LogP contribution in [0.3, 0.4) is 0 Å². The van der Waals surface area contributed by atoms with Crippen LogP contribution >= 0.6 is 11.3 Å². The van der Waals surface area contributed by atoms with Gasteiger partial charge in [0.25, 0.3) is 0 Å². The van der Waals surface area contributed by atoms with Crippen LogP contribution in [0.15, 0.2) is 193 Å². The van der Waals surface area contributed by atoms with Crippen LogP contribution in [0.5, 0.6) is 0 Å². The number of rotatable bonds is 6. The van der Waals surface area contributed by atoms with E-state index in [1.54, 1.807) is 6.20 Å². The third-order valence-corrected chi connectivity index (χ3v) is 11.9. The third-order valence-electron chi connectivity index (χ3n) is 10.6. The number of nitrogens with zero attached hydrogens (tertiary/aromatic N) is 3. The smallest absolute Gasteiger partial charge is 0.160 e. The Kier molecular flexibility index (Phi) is 7.64. The predicted octanol–water partition coefficient (Wildman–Crippen LogP) is 14.1. The lowest BCUT2D eigenvalue weighted by Crippen LogP contribution is -1.96. The molecule has 262 valence electrons. The summed E-state index contributed by atoms with van der Waals surface area (Å²) in [4.78, 5) is 14.5. The lowest BCUT2D eigenvalue weighted by molar-refractivity contribution is 0.670. The second-order valence-corrected chi connectivity index (χ2v) is 15.0. The Hall–Kier alpha value is -7.21. The van der Waals surface area contributed by atoms with Crippen molar-refractivity contribution >= 4 is 53.4 Å². The molecule has 0 saturated heterocycles. The van der Waals surface area contributed by atoms with Gasteiger partial charge in [0.05, 0.1) is 11.4 Å². The van der Waals surface area contributed by atoms with Crippen molar-refractivity contribution in [2.45, 2.75) is 0 Å². The summed E-state index contributed by atoms with van der Waals surface area (Å²) in [5, 5.41) is 4.83. The molecule has 0 aliphatic carbocycles. The number of benzene rings is 7. The first-order valence-electron chi connectivity index (χ1n) is 18.7. The Morgan fingerprint density at radius 2 is 1.07 bits per heavy atom. The van der Waals surface area contributed by atoms with Crippen molar-refractivity contribution in [3.63, 3.8) is 0 Å². The average Bonchev–Trinajstić information content (AvgIpc) is 3.86. The highest BCUT2D eigenvalue weighted by atomic mass is 32.1. The molecule has 56 heavy (non-hydrogen) atoms. The van der Waals surface area contributed by atoms with Crippen LogP contribution in [0, 0.1) is 0 Å². The van der Waals surface area contributed by atoms with Crippen LogP contribution in [-0.4, -0.2) is 15.0 Å². The van der Waals surface area contributed by atoms with Crippen molar-refractivity contribution < 1.29 is 4.42 Å². The molecule has 4 aromatic heterocycles. The molecule has 0 aliphatic heterocycles. The topological polar surface area (TPSA) is 51.8 Å². The lowest BCUT2D eigenvalue weighted by Gasteiger charge is -2.12. The summed E-state index contributed by atoms with van der Waals surface area (Å²) in [7, 11) is 0. The Labute approximate surface area is 327 Å². The molecular weight excluding hydrogens is 703 g/mol. The molecule has 0 spiro atoms. The first-order chi connectivity index (χ1) is 27.7. The quantitative estimate of drug-likeness (QED) is 0.171. The van der Waals surface area contributed by atoms with Crippen molar-refractivity contribution in [2.24, 2.45) is 0 Å². The van der Waals surface area contributed by atoms with Crippen molar-refractivity contribution in [3.05, 3.63) is 188 Å². The van der Waals surface area contributed by atoms with Crippen molar-refractivity contribution in [2.75, 3.05) is 0 Å². The molecule has 0 aliphatic rings. The Bertz CT molecular complexity index is 3220. The van der Waals surface area contributed by atoms with Gasteiger partial charge >= 0.3 is 0 Å². The fraction of sp³-hybridized carbons (Fsp3) is 0. The fourth-order valence-corrected chi connectivity index (χ4v) is 9.12. The zero-order chi connectivity index (χ0) is 37.0. The van der Waals surface area contributed by atoms with E-state index in [1.165, 1.54) is 31.3 Å². The number of hydrogen-bond acceptors (Lipinski definition) is 5. The van der Waals surface area contributed by atoms with Gasteiger partial charge in [-0.25, -0.2) is 9.97 Å². The van der Waals surface area contributed by atoms with Crippen molar-refractivity contribution in [3.8, 4) is 67.3 Å². The summed E-state index contributed by atoms with van der Waals surface area (Å²) >= 11 is 1.86. The number of aromatic nitrogens is 3. The molecule has 0 unspecified atom stereocenters. The molecule has 11 aromatic rings. The van der Waals surface area contributed by atoms with Gasteiger partial charge in [0.2, 0.25) is 0 Å². The van der Waals surface area contributed by atoms with Crippen molar-refractivity contribution in [1.29, 1.82) is 0 Å². The van der Waals surface area contributed by atoms with Gasteiger partial charge in [0.1, 0.15) is 11.2 Å². The van der Waals surface area contributed by atoms with E-state index in [9.17, 15) is 0 Å². The summed E-state index contributed by atoms with van der Waals surface area (Å²) in [5.41, 5.74) is 13.2. The SMILES string of the molecule is c1ccc(-c2cc(-c3ccc(-c4ccc(-c5cccc6c5sc5ccccc56)c5c4oc4ccccc45)cc3)nc(-c3ccc(-c4cccnc4)cc3)n2)cc1. The summed E-state index contributed by atoms with van der Waals surface area (Å²) in [6, 6.07) is 61.6. The van der Waals surface area contributed by atoms with Crippen LogP contribution in [0.25, 0.3) is 109 Å². The summed E-state index contributed by atoms with van der Waals surface area (Å²) in [6.45, 7) is 0. The van der Waals surface area contributed by atoms with E-state index < -0.39 is 0 Å². The predicted molar refractivity (Wildman–Crippen MR) is 233 cm³/mol. The second kappa shape index (κ2) is 13.3. The monoisotopic (exact) mass is 733 g/mol. The van der Waals surface area contributed by atoms with E-state index in [0.29, 0.717) is 5.82 Å². The van der Waals surface area contributed by atoms with E-state index in [1.807, 2.05) is 47.9 Å². The summed E-state index contributed by atoms with van der Waals surface area (Å²) in [5.74, 6) is 0.677. The van der Waals surface area contributed by atoms with Gasteiger partial charge in [0, 0.05) is 71.2 Å². The summed E-state index contributed by atoms with van der Waals surface area (Å²) in [6.07, 6.45) is 3.67. The van der Waals surface area contributed by atoms with E-state index >= 15 is 0 Å². The molecule has 0 amide bonds. The second-order valence-electron chi connectivity index (χ2n) is 14.0. The highest BCUT2D eigenvalue weighted by Crippen LogP contribution is 2.46. The number of hydrogen-bond donors (Lipinski definition) is 0. The van der Waals surface area contributed by atoms with Crippen LogP contribution in [0.1, 0.15) is 0 Å². The molecule has 4 heterocycles. The number of para-hydroxylation sites is 1. The minimum Gasteiger partial charge on any atom is -0.455 e. The molecule has 0 bridgehead atoms. The van der Waals surface area contributed by atoms with E-state index in [-0.39, 0.29) is 0 Å². The first-order valence-corrected chi connectivity index (χ1v) is 19.5. The molecule has 4 nitrogen and oxygen atoms in total. The third kappa shape index (κ3) is 5.48. The van der Waals surface area contributed by atoms with Gasteiger partial charge in [-0.1, -0.05) is 146 Å². The highest BCUT2D eigenvalue weighted by molar-refractivity contribution is 7.26. The van der Waals surface area contributed by atoms with Gasteiger partial charge < -0.3 is 4.42 Å². The molecule has 0 atom stereocenters. The normalized spacial score (nSPS) is 11.6. The van der Waals surface area contributed by atoms with Crippen LogP contribution < -0.4 is 0 Å². The van der Waals surface area contributed by atoms with E-state index in [4.69, 9.17) is 14.4 Å². The van der Waals surface area contributed by atoms with Gasteiger partial charge in [-0.2, -0.15) is 0 Å². The van der Waals surface area contributed by atoms with E-state index in [0.717, 1.165) is 72.3 Å². The number of fused-ring (bicyclic) bond motifs is 6. The lowest BCUT2D eigenvalue weighted by atomic mass is 9.93. The summed E-state index contributed by atoms with van der Waals surface area (Å²) < 4.78 is 9.32. The molecule has 11 rings (SSSR count). The molecule has 7 aromatic carbocycles. The molecule has 0 saturated carbocycles. The number of furan rings is 1. The Morgan fingerprint density at radius 1 is 0.429 bits per heavy atom. The first kappa shape index (κ1) is 32.2. The molecular formula is C51H31N3OS. The Morgan fingerprint density at radius 3 is 1.88 bits per heavy atom. The van der Waals surface area contributed by atoms with Gasteiger partial charge in [-0.3, -0.25) is 4.98 Å². The standard InChI is InChI=1S/C51H31N3OS/c1-2-10-34(11-3-1)44-30-45(54-51(53-44)36-25-19-32(20-26-36)37-12-9-29-52-31-37)35-23-21-33(22-24-35)38-27-28-40(48-43-14-4-6-17-46(43)55-49(38)48)42-16-8-15-41-39-13-5-7-18-47(39)56-50(41)42/h1-31H.